The van der Waals surface area contributed by atoms with Gasteiger partial charge in [0.1, 0.15) is 0 Å². The van der Waals surface area contributed by atoms with Gasteiger partial charge in [0.05, 0.1) is 6.10 Å². The first-order chi connectivity index (χ1) is 4.78. The molecule has 3 rings (SSSR count). The normalized spacial score (nSPS) is 44.7. The highest BCUT2D eigenvalue weighted by molar-refractivity contribution is 5.22. The Morgan fingerprint density at radius 1 is 1.20 bits per heavy atom. The second-order valence-corrected chi connectivity index (χ2v) is 4.27. The summed E-state index contributed by atoms with van der Waals surface area (Å²) in [6.45, 7) is 1.08. The van der Waals surface area contributed by atoms with Gasteiger partial charge in [0.15, 0.2) is 0 Å². The van der Waals surface area contributed by atoms with Crippen LogP contribution in [-0.4, -0.2) is 23.3 Å². The molecule has 10 heavy (non-hydrogen) atoms. The van der Waals surface area contributed by atoms with Crippen LogP contribution in [0.15, 0.2) is 0 Å². The van der Waals surface area contributed by atoms with Crippen molar-refractivity contribution in [3.63, 3.8) is 0 Å². The fourth-order valence-corrected chi connectivity index (χ4v) is 2.33. The average molecular weight is 139 g/mol. The number of aliphatic hydroxyl groups excluding tert-OH is 1. The van der Waals surface area contributed by atoms with E-state index < -0.39 is 0 Å². The minimum atomic E-state index is -0.0139. The summed E-state index contributed by atoms with van der Waals surface area (Å²) in [5.74, 6) is 0. The first-order valence-corrected chi connectivity index (χ1v) is 4.21. The summed E-state index contributed by atoms with van der Waals surface area (Å²) in [6, 6.07) is 0. The van der Waals surface area contributed by atoms with E-state index in [4.69, 9.17) is 0 Å². The van der Waals surface area contributed by atoms with Crippen molar-refractivity contribution < 1.29 is 5.11 Å². The third kappa shape index (κ3) is 0.453. The van der Waals surface area contributed by atoms with Gasteiger partial charge in [0, 0.05) is 17.5 Å². The number of hydrogen-bond donors (Lipinski definition) is 2. The maximum atomic E-state index is 9.85. The van der Waals surface area contributed by atoms with E-state index >= 15 is 0 Å². The Balaban J connectivity index is 1.94. The van der Waals surface area contributed by atoms with E-state index in [0.29, 0.717) is 5.41 Å². The van der Waals surface area contributed by atoms with E-state index in [1.807, 2.05) is 0 Å². The maximum Gasteiger partial charge on any atom is 0.0789 e. The molecule has 0 aromatic carbocycles. The van der Waals surface area contributed by atoms with E-state index in [-0.39, 0.29) is 11.6 Å². The fourth-order valence-electron chi connectivity index (χ4n) is 2.33. The molecule has 2 spiro atoms. The van der Waals surface area contributed by atoms with Crippen molar-refractivity contribution in [2.24, 2.45) is 5.41 Å². The smallest absolute Gasteiger partial charge is 0.0789 e. The van der Waals surface area contributed by atoms with Gasteiger partial charge in [-0.3, -0.25) is 0 Å². The van der Waals surface area contributed by atoms with Crippen LogP contribution in [0.1, 0.15) is 25.7 Å². The standard InChI is InChI=1S/C8H13NO/c10-6-7(1-2-7)5-9-8(6)3-4-8/h6,9-10H,1-5H2. The van der Waals surface area contributed by atoms with Gasteiger partial charge < -0.3 is 10.4 Å². The van der Waals surface area contributed by atoms with Crippen molar-refractivity contribution in [2.75, 3.05) is 6.54 Å². The molecule has 1 atom stereocenters. The molecule has 1 unspecified atom stereocenters. The Morgan fingerprint density at radius 3 is 2.20 bits per heavy atom. The molecular weight excluding hydrogens is 126 g/mol. The summed E-state index contributed by atoms with van der Waals surface area (Å²) in [5.41, 5.74) is 0.549. The van der Waals surface area contributed by atoms with E-state index in [9.17, 15) is 5.11 Å². The summed E-state index contributed by atoms with van der Waals surface area (Å²) in [7, 11) is 0. The van der Waals surface area contributed by atoms with Crippen LogP contribution in [0.25, 0.3) is 0 Å². The molecule has 2 heteroatoms. The molecule has 1 aliphatic heterocycles. The van der Waals surface area contributed by atoms with Crippen LogP contribution in [-0.2, 0) is 0 Å². The summed E-state index contributed by atoms with van der Waals surface area (Å²) in [5, 5.41) is 13.3. The van der Waals surface area contributed by atoms with Gasteiger partial charge in [0.25, 0.3) is 0 Å². The van der Waals surface area contributed by atoms with Crippen molar-refractivity contribution in [1.82, 2.24) is 5.32 Å². The van der Waals surface area contributed by atoms with Gasteiger partial charge in [-0.2, -0.15) is 0 Å². The molecule has 1 saturated heterocycles. The Hall–Kier alpha value is -0.0800. The summed E-state index contributed by atoms with van der Waals surface area (Å²) < 4.78 is 0. The lowest BCUT2D eigenvalue weighted by atomic mass is 9.98. The molecule has 2 nitrogen and oxygen atoms in total. The molecule has 3 fully saturated rings. The number of aliphatic hydroxyl groups is 1. The fraction of sp³-hybridized carbons (Fsp3) is 1.00. The topological polar surface area (TPSA) is 32.3 Å². The maximum absolute atomic E-state index is 9.85. The number of nitrogens with one attached hydrogen (secondary N) is 1. The van der Waals surface area contributed by atoms with E-state index in [0.717, 1.165) is 6.54 Å². The second-order valence-electron chi connectivity index (χ2n) is 4.27. The van der Waals surface area contributed by atoms with Gasteiger partial charge in [-0.1, -0.05) is 0 Å². The molecule has 1 heterocycles. The van der Waals surface area contributed by atoms with Gasteiger partial charge in [-0.15, -0.1) is 0 Å². The van der Waals surface area contributed by atoms with Crippen LogP contribution < -0.4 is 5.32 Å². The van der Waals surface area contributed by atoms with Crippen molar-refractivity contribution >= 4 is 0 Å². The molecule has 56 valence electrons. The first-order valence-electron chi connectivity index (χ1n) is 4.21. The quantitative estimate of drug-likeness (QED) is 0.504. The zero-order chi connectivity index (χ0) is 6.82. The largest absolute Gasteiger partial charge is 0.391 e. The number of hydrogen-bond acceptors (Lipinski definition) is 2. The molecular formula is C8H13NO. The van der Waals surface area contributed by atoms with Crippen LogP contribution in [0.5, 0.6) is 0 Å². The Morgan fingerprint density at radius 2 is 1.90 bits per heavy atom. The molecule has 0 bridgehead atoms. The Bertz CT molecular complexity index is 162. The average Bonchev–Trinajstić information content (AvgIpc) is 2.81. The lowest BCUT2D eigenvalue weighted by molar-refractivity contribution is 0.0976. The highest BCUT2D eigenvalue weighted by Crippen LogP contribution is 2.60. The first kappa shape index (κ1) is 5.56. The SMILES string of the molecule is OC1C2(CC2)CNC12CC2. The van der Waals surface area contributed by atoms with Crippen molar-refractivity contribution in [3.05, 3.63) is 0 Å². The van der Waals surface area contributed by atoms with Crippen LogP contribution in [0.3, 0.4) is 0 Å². The molecule has 2 saturated carbocycles. The molecule has 3 aliphatic rings. The third-order valence-electron chi connectivity index (χ3n) is 3.58. The summed E-state index contributed by atoms with van der Waals surface area (Å²) >= 11 is 0. The van der Waals surface area contributed by atoms with Crippen molar-refractivity contribution in [1.29, 1.82) is 0 Å². The highest BCUT2D eigenvalue weighted by Gasteiger charge is 2.66. The minimum absolute atomic E-state index is 0.0139. The molecule has 0 amide bonds. The predicted molar refractivity (Wildman–Crippen MR) is 37.6 cm³/mol. The lowest BCUT2D eigenvalue weighted by Crippen LogP contribution is -2.34. The second kappa shape index (κ2) is 1.28. The van der Waals surface area contributed by atoms with Gasteiger partial charge in [-0.05, 0) is 25.7 Å². The van der Waals surface area contributed by atoms with E-state index in [1.165, 1.54) is 25.7 Å². The molecule has 0 aromatic rings. The van der Waals surface area contributed by atoms with Crippen molar-refractivity contribution in [3.8, 4) is 0 Å². The van der Waals surface area contributed by atoms with Crippen molar-refractivity contribution in [2.45, 2.75) is 37.3 Å². The zero-order valence-corrected chi connectivity index (χ0v) is 6.06. The monoisotopic (exact) mass is 139 g/mol. The third-order valence-corrected chi connectivity index (χ3v) is 3.58. The van der Waals surface area contributed by atoms with Crippen LogP contribution in [0.4, 0.5) is 0 Å². The van der Waals surface area contributed by atoms with Gasteiger partial charge in [0.2, 0.25) is 0 Å². The minimum Gasteiger partial charge on any atom is -0.391 e. The summed E-state index contributed by atoms with van der Waals surface area (Å²) in [4.78, 5) is 0. The molecule has 0 radical (unpaired) electrons. The summed E-state index contributed by atoms with van der Waals surface area (Å²) in [6.07, 6.45) is 4.90. The lowest BCUT2D eigenvalue weighted by Gasteiger charge is -2.15. The zero-order valence-electron chi connectivity index (χ0n) is 6.06. The van der Waals surface area contributed by atoms with Gasteiger partial charge in [-0.25, -0.2) is 0 Å². The van der Waals surface area contributed by atoms with Crippen LogP contribution in [0, 0.1) is 5.41 Å². The molecule has 2 N–H and O–H groups in total. The van der Waals surface area contributed by atoms with Crippen LogP contribution in [0.2, 0.25) is 0 Å². The Kier molecular flexibility index (Phi) is 0.710. The predicted octanol–water partition coefficient (Wildman–Crippen LogP) is 0.263. The van der Waals surface area contributed by atoms with E-state index in [2.05, 4.69) is 5.32 Å². The molecule has 0 aromatic heterocycles. The Labute approximate surface area is 60.6 Å². The highest BCUT2D eigenvalue weighted by atomic mass is 16.3. The number of rotatable bonds is 0. The van der Waals surface area contributed by atoms with E-state index in [1.54, 1.807) is 0 Å². The van der Waals surface area contributed by atoms with Crippen LogP contribution >= 0.6 is 0 Å². The van der Waals surface area contributed by atoms with Gasteiger partial charge >= 0.3 is 0 Å². The molecule has 2 aliphatic carbocycles.